The van der Waals surface area contributed by atoms with Crippen LogP contribution in [0, 0.1) is 13.8 Å². The van der Waals surface area contributed by atoms with E-state index in [1.807, 2.05) is 61.0 Å². The first-order valence-corrected chi connectivity index (χ1v) is 10.5. The molecule has 1 amide bonds. The quantitative estimate of drug-likeness (QED) is 0.478. The van der Waals surface area contributed by atoms with E-state index >= 15 is 0 Å². The summed E-state index contributed by atoms with van der Waals surface area (Å²) in [7, 11) is 0. The van der Waals surface area contributed by atoms with E-state index in [1.54, 1.807) is 18.9 Å². The van der Waals surface area contributed by atoms with Crippen LogP contribution in [0.25, 0.3) is 23.4 Å². The lowest BCUT2D eigenvalue weighted by Crippen LogP contribution is -2.13. The van der Waals surface area contributed by atoms with Crippen LogP contribution in [0.15, 0.2) is 49.2 Å². The number of carbonyl (C=O) groups is 1. The van der Waals surface area contributed by atoms with Crippen LogP contribution >= 0.6 is 0 Å². The lowest BCUT2D eigenvalue weighted by Gasteiger charge is -2.08. The number of aryl methyl sites for hydroxylation is 2. The van der Waals surface area contributed by atoms with Crippen molar-refractivity contribution in [2.75, 3.05) is 10.6 Å². The zero-order chi connectivity index (χ0) is 22.1. The number of benzene rings is 1. The predicted molar refractivity (Wildman–Crippen MR) is 125 cm³/mol. The third-order valence-electron chi connectivity index (χ3n) is 5.39. The summed E-state index contributed by atoms with van der Waals surface area (Å²) in [6.45, 7) is 3.97. The second-order valence-electron chi connectivity index (χ2n) is 8.02. The highest BCUT2D eigenvalue weighted by molar-refractivity contribution is 6.04. The monoisotopic (exact) mass is 425 g/mol. The molecule has 1 aliphatic rings. The normalized spacial score (nSPS) is 13.6. The van der Waals surface area contributed by atoms with E-state index in [9.17, 15) is 4.79 Å². The third-order valence-corrected chi connectivity index (χ3v) is 5.39. The summed E-state index contributed by atoms with van der Waals surface area (Å²) in [6, 6.07) is 9.83. The van der Waals surface area contributed by atoms with Gasteiger partial charge in [0.15, 0.2) is 17.0 Å². The second kappa shape index (κ2) is 8.22. The molecule has 8 nitrogen and oxygen atoms in total. The molecule has 0 spiro atoms. The predicted octanol–water partition coefficient (Wildman–Crippen LogP) is 4.29. The van der Waals surface area contributed by atoms with Crippen molar-refractivity contribution in [1.29, 1.82) is 0 Å². The summed E-state index contributed by atoms with van der Waals surface area (Å²) in [5.41, 5.74) is 5.07. The Balaban J connectivity index is 1.39. The molecule has 1 aromatic carbocycles. The molecule has 4 aromatic rings. The summed E-state index contributed by atoms with van der Waals surface area (Å²) in [4.78, 5) is 30.1. The maximum absolute atomic E-state index is 12.7. The minimum atomic E-state index is -0.200. The molecule has 0 radical (unpaired) electrons. The molecule has 1 aliphatic carbocycles. The number of nitrogens with zero attached hydrogens (tertiary/aromatic N) is 5. The van der Waals surface area contributed by atoms with Crippen LogP contribution in [0.1, 0.15) is 39.9 Å². The Morgan fingerprint density at radius 1 is 1.09 bits per heavy atom. The van der Waals surface area contributed by atoms with E-state index in [1.165, 1.54) is 0 Å². The van der Waals surface area contributed by atoms with Crippen LogP contribution in [-0.2, 0) is 0 Å². The molecule has 3 heterocycles. The lowest BCUT2D eigenvalue weighted by atomic mass is 10.0. The highest BCUT2D eigenvalue weighted by Crippen LogP contribution is 2.27. The molecule has 1 saturated carbocycles. The standard InChI is InChI=1S/C24H23N7O/c1-15-7-9-25-20(11-15)30-24(32)18-4-3-16(2)17(12-18)8-10-31-14-28-21-22(29-19-5-6-19)26-13-27-23(21)31/h3-4,7-14,19H,5-6H2,1-2H3,(H,25,30,32)(H,26,27,29). The first kappa shape index (κ1) is 19.9. The van der Waals surface area contributed by atoms with Crippen LogP contribution in [0.4, 0.5) is 11.6 Å². The average Bonchev–Trinajstić information content (AvgIpc) is 3.50. The molecular formula is C24H23N7O. The Labute approximate surface area is 185 Å². The Morgan fingerprint density at radius 2 is 1.97 bits per heavy atom. The molecule has 0 aliphatic heterocycles. The number of amides is 1. The van der Waals surface area contributed by atoms with Crippen molar-refractivity contribution >= 4 is 41.0 Å². The molecule has 160 valence electrons. The van der Waals surface area contributed by atoms with Crippen molar-refractivity contribution in [1.82, 2.24) is 24.5 Å². The maximum Gasteiger partial charge on any atom is 0.256 e. The molecule has 3 aromatic heterocycles. The summed E-state index contributed by atoms with van der Waals surface area (Å²) in [6.07, 6.45) is 11.1. The minimum Gasteiger partial charge on any atom is -0.365 e. The van der Waals surface area contributed by atoms with Crippen LogP contribution in [0.3, 0.4) is 0 Å². The smallest absolute Gasteiger partial charge is 0.256 e. The zero-order valence-corrected chi connectivity index (χ0v) is 17.9. The molecule has 0 saturated heterocycles. The molecule has 2 N–H and O–H groups in total. The van der Waals surface area contributed by atoms with Gasteiger partial charge in [0.1, 0.15) is 18.5 Å². The van der Waals surface area contributed by atoms with Gasteiger partial charge in [0.25, 0.3) is 5.91 Å². The van der Waals surface area contributed by atoms with Gasteiger partial charge in [-0.25, -0.2) is 19.9 Å². The Hall–Kier alpha value is -4.07. The minimum absolute atomic E-state index is 0.200. The number of aromatic nitrogens is 5. The van der Waals surface area contributed by atoms with E-state index < -0.39 is 0 Å². The van der Waals surface area contributed by atoms with Gasteiger partial charge in [-0.1, -0.05) is 6.07 Å². The summed E-state index contributed by atoms with van der Waals surface area (Å²) in [5, 5.41) is 6.25. The Kier molecular flexibility index (Phi) is 5.10. The number of imidazole rings is 1. The van der Waals surface area contributed by atoms with Gasteiger partial charge in [-0.05, 0) is 73.7 Å². The number of fused-ring (bicyclic) bond motifs is 1. The van der Waals surface area contributed by atoms with Gasteiger partial charge in [-0.2, -0.15) is 0 Å². The Bertz CT molecular complexity index is 1340. The molecule has 0 bridgehead atoms. The number of hydrogen-bond acceptors (Lipinski definition) is 6. The second-order valence-corrected chi connectivity index (χ2v) is 8.02. The van der Waals surface area contributed by atoms with Crippen LogP contribution in [-0.4, -0.2) is 36.5 Å². The molecule has 8 heteroatoms. The summed E-state index contributed by atoms with van der Waals surface area (Å²) in [5.74, 6) is 1.10. The first-order chi connectivity index (χ1) is 15.6. The molecule has 32 heavy (non-hydrogen) atoms. The van der Waals surface area contributed by atoms with Crippen molar-refractivity contribution in [3.63, 3.8) is 0 Å². The van der Waals surface area contributed by atoms with Crippen LogP contribution in [0.5, 0.6) is 0 Å². The molecule has 0 unspecified atom stereocenters. The van der Waals surface area contributed by atoms with Crippen molar-refractivity contribution in [3.8, 4) is 0 Å². The molecule has 0 atom stereocenters. The van der Waals surface area contributed by atoms with Gasteiger partial charge in [-0.15, -0.1) is 0 Å². The van der Waals surface area contributed by atoms with Gasteiger partial charge in [-0.3, -0.25) is 9.36 Å². The lowest BCUT2D eigenvalue weighted by molar-refractivity contribution is 0.102. The SMILES string of the molecule is Cc1ccnc(NC(=O)c2ccc(C)c(C=Cn3cnc4c(NC5CC5)ncnc43)c2)c1. The van der Waals surface area contributed by atoms with Gasteiger partial charge >= 0.3 is 0 Å². The number of carbonyl (C=O) groups excluding carboxylic acids is 1. The van der Waals surface area contributed by atoms with E-state index in [0.717, 1.165) is 46.5 Å². The number of rotatable bonds is 6. The van der Waals surface area contributed by atoms with Gasteiger partial charge in [0, 0.05) is 24.0 Å². The fourth-order valence-electron chi connectivity index (χ4n) is 3.40. The van der Waals surface area contributed by atoms with Crippen molar-refractivity contribution < 1.29 is 4.79 Å². The van der Waals surface area contributed by atoms with Crippen LogP contribution in [0.2, 0.25) is 0 Å². The fourth-order valence-corrected chi connectivity index (χ4v) is 3.40. The highest BCUT2D eigenvalue weighted by Gasteiger charge is 2.23. The van der Waals surface area contributed by atoms with Gasteiger partial charge < -0.3 is 10.6 Å². The maximum atomic E-state index is 12.7. The third kappa shape index (κ3) is 4.20. The summed E-state index contributed by atoms with van der Waals surface area (Å²) < 4.78 is 1.86. The van der Waals surface area contributed by atoms with Gasteiger partial charge in [0.2, 0.25) is 0 Å². The number of anilines is 2. The van der Waals surface area contributed by atoms with E-state index in [4.69, 9.17) is 0 Å². The molecule has 1 fully saturated rings. The first-order valence-electron chi connectivity index (χ1n) is 10.5. The van der Waals surface area contributed by atoms with Crippen molar-refractivity contribution in [2.45, 2.75) is 32.7 Å². The molecule has 5 rings (SSSR count). The molecular weight excluding hydrogens is 402 g/mol. The van der Waals surface area contributed by atoms with Crippen molar-refractivity contribution in [2.24, 2.45) is 0 Å². The number of hydrogen-bond donors (Lipinski definition) is 2. The average molecular weight is 425 g/mol. The van der Waals surface area contributed by atoms with E-state index in [0.29, 0.717) is 17.4 Å². The highest BCUT2D eigenvalue weighted by atomic mass is 16.1. The number of pyridine rings is 1. The summed E-state index contributed by atoms with van der Waals surface area (Å²) >= 11 is 0. The zero-order valence-electron chi connectivity index (χ0n) is 17.9. The largest absolute Gasteiger partial charge is 0.365 e. The van der Waals surface area contributed by atoms with Gasteiger partial charge in [0.05, 0.1) is 0 Å². The van der Waals surface area contributed by atoms with Crippen molar-refractivity contribution in [3.05, 3.63) is 71.4 Å². The van der Waals surface area contributed by atoms with E-state index in [2.05, 4.69) is 30.6 Å². The van der Waals surface area contributed by atoms with E-state index in [-0.39, 0.29) is 5.91 Å². The van der Waals surface area contributed by atoms with Crippen LogP contribution < -0.4 is 10.6 Å². The fraction of sp³-hybridized carbons (Fsp3) is 0.208. The Morgan fingerprint density at radius 3 is 2.78 bits per heavy atom. The topological polar surface area (TPSA) is 97.6 Å². The number of nitrogens with one attached hydrogen (secondary N) is 2.